The van der Waals surface area contributed by atoms with Crippen LogP contribution in [0.2, 0.25) is 0 Å². The first-order valence-electron chi connectivity index (χ1n) is 4.62. The van der Waals surface area contributed by atoms with Crippen LogP contribution in [0.3, 0.4) is 0 Å². The van der Waals surface area contributed by atoms with Crippen molar-refractivity contribution in [3.8, 4) is 12.8 Å². The number of ether oxygens (including phenoxy) is 1. The van der Waals surface area contributed by atoms with Crippen molar-refractivity contribution < 1.29 is 9.53 Å². The van der Waals surface area contributed by atoms with E-state index in [2.05, 4.69) is 26.7 Å². The lowest BCUT2D eigenvalue weighted by Crippen LogP contribution is -2.28. The van der Waals surface area contributed by atoms with E-state index in [4.69, 9.17) is 10.5 Å². The third kappa shape index (κ3) is 30.6. The summed E-state index contributed by atoms with van der Waals surface area (Å²) in [7, 11) is 0. The lowest BCUT2D eigenvalue weighted by Gasteiger charge is -2.18. The normalized spacial score (nSPS) is 8.57. The number of rotatable bonds is 1. The van der Waals surface area contributed by atoms with Crippen LogP contribution in [0.4, 0.5) is 0 Å². The first-order valence-corrected chi connectivity index (χ1v) is 4.62. The van der Waals surface area contributed by atoms with Crippen molar-refractivity contribution in [2.75, 3.05) is 6.54 Å². The maximum Gasteiger partial charge on any atom is 0.320 e. The highest BCUT2D eigenvalue weighted by Gasteiger charge is 2.13. The van der Waals surface area contributed by atoms with Gasteiger partial charge in [-0.2, -0.15) is 0 Å². The summed E-state index contributed by atoms with van der Waals surface area (Å²) in [6.07, 6.45) is 9.25. The SMILES string of the molecule is C#C.CC(C)(C)OC(=O)CN.CCC. The zero-order valence-corrected chi connectivity index (χ0v) is 9.96. The Bertz CT molecular complexity index is 145. The topological polar surface area (TPSA) is 52.3 Å². The molecule has 0 radical (unpaired) electrons. The highest BCUT2D eigenvalue weighted by molar-refractivity contribution is 5.71. The van der Waals surface area contributed by atoms with E-state index in [0.717, 1.165) is 0 Å². The average molecular weight is 201 g/mol. The van der Waals surface area contributed by atoms with Gasteiger partial charge < -0.3 is 10.5 Å². The van der Waals surface area contributed by atoms with Crippen LogP contribution in [0.25, 0.3) is 0 Å². The summed E-state index contributed by atoms with van der Waals surface area (Å²) in [4.78, 5) is 10.5. The molecule has 0 aromatic carbocycles. The smallest absolute Gasteiger partial charge is 0.320 e. The minimum Gasteiger partial charge on any atom is -0.459 e. The van der Waals surface area contributed by atoms with Gasteiger partial charge in [0.15, 0.2) is 0 Å². The monoisotopic (exact) mass is 201 g/mol. The molecule has 0 aromatic rings. The van der Waals surface area contributed by atoms with E-state index >= 15 is 0 Å². The van der Waals surface area contributed by atoms with E-state index in [1.807, 2.05) is 0 Å². The fourth-order valence-electron chi connectivity index (χ4n) is 0.383. The zero-order valence-electron chi connectivity index (χ0n) is 9.96. The number of hydrogen-bond acceptors (Lipinski definition) is 3. The standard InChI is InChI=1S/C6H13NO2.C3H8.C2H2/c1-6(2,3)9-5(8)4-7;1-3-2;1-2/h4,7H2,1-3H3;3H2,1-2H3;1-2H. The molecule has 0 aliphatic carbocycles. The number of esters is 1. The Balaban J connectivity index is -0.000000205. The van der Waals surface area contributed by atoms with Gasteiger partial charge in [0, 0.05) is 0 Å². The molecular formula is C11H23NO2. The first kappa shape index (κ1) is 18.7. The quantitative estimate of drug-likeness (QED) is 0.521. The predicted molar refractivity (Wildman–Crippen MR) is 60.8 cm³/mol. The van der Waals surface area contributed by atoms with Crippen LogP contribution in [-0.2, 0) is 9.53 Å². The number of terminal acetylenes is 1. The van der Waals surface area contributed by atoms with E-state index < -0.39 is 5.60 Å². The molecule has 0 saturated carbocycles. The second-order valence-corrected chi connectivity index (χ2v) is 3.50. The molecule has 3 nitrogen and oxygen atoms in total. The molecule has 3 heteroatoms. The molecule has 0 spiro atoms. The summed E-state index contributed by atoms with van der Waals surface area (Å²) in [6.45, 7) is 9.62. The van der Waals surface area contributed by atoms with Gasteiger partial charge in [-0.3, -0.25) is 4.79 Å². The molecule has 0 heterocycles. The van der Waals surface area contributed by atoms with Gasteiger partial charge >= 0.3 is 5.97 Å². The zero-order chi connectivity index (χ0) is 12.2. The van der Waals surface area contributed by atoms with E-state index in [1.54, 1.807) is 20.8 Å². The van der Waals surface area contributed by atoms with Crippen molar-refractivity contribution in [1.29, 1.82) is 0 Å². The van der Waals surface area contributed by atoms with E-state index in [-0.39, 0.29) is 12.5 Å². The molecule has 0 bridgehead atoms. The van der Waals surface area contributed by atoms with E-state index in [9.17, 15) is 4.79 Å². The Morgan fingerprint density at radius 1 is 1.29 bits per heavy atom. The average Bonchev–Trinajstić information content (AvgIpc) is 2.06. The molecule has 84 valence electrons. The van der Waals surface area contributed by atoms with Crippen LogP contribution in [0.15, 0.2) is 0 Å². The summed E-state index contributed by atoms with van der Waals surface area (Å²) in [5.41, 5.74) is 4.60. The summed E-state index contributed by atoms with van der Waals surface area (Å²) in [5, 5.41) is 0. The first-order chi connectivity index (χ1) is 6.37. The maximum absolute atomic E-state index is 10.5. The molecule has 0 aromatic heterocycles. The van der Waals surface area contributed by atoms with Crippen molar-refractivity contribution in [2.24, 2.45) is 5.73 Å². The fraction of sp³-hybridized carbons (Fsp3) is 0.727. The van der Waals surface area contributed by atoms with Crippen LogP contribution in [-0.4, -0.2) is 18.1 Å². The lowest BCUT2D eigenvalue weighted by molar-refractivity contribution is -0.152. The Kier molecular flexibility index (Phi) is 16.0. The molecule has 0 saturated heterocycles. The van der Waals surface area contributed by atoms with Crippen LogP contribution >= 0.6 is 0 Å². The van der Waals surface area contributed by atoms with Gasteiger partial charge in [0.2, 0.25) is 0 Å². The molecular weight excluding hydrogens is 178 g/mol. The largest absolute Gasteiger partial charge is 0.459 e. The number of carbonyl (C=O) groups is 1. The Morgan fingerprint density at radius 3 is 1.64 bits per heavy atom. The van der Waals surface area contributed by atoms with Crippen LogP contribution in [0, 0.1) is 12.8 Å². The van der Waals surface area contributed by atoms with Gasteiger partial charge in [-0.05, 0) is 20.8 Å². The Labute approximate surface area is 88.0 Å². The number of nitrogens with two attached hydrogens (primary N) is 1. The number of carbonyl (C=O) groups excluding carboxylic acids is 1. The molecule has 0 aliphatic heterocycles. The minimum absolute atomic E-state index is 0.0444. The molecule has 14 heavy (non-hydrogen) atoms. The minimum atomic E-state index is -0.406. The third-order valence-electron chi connectivity index (χ3n) is 0.587. The molecule has 0 aliphatic rings. The molecule has 0 unspecified atom stereocenters. The summed E-state index contributed by atoms with van der Waals surface area (Å²) < 4.78 is 4.82. The lowest BCUT2D eigenvalue weighted by atomic mass is 10.2. The summed E-state index contributed by atoms with van der Waals surface area (Å²) in [6, 6.07) is 0. The second kappa shape index (κ2) is 12.0. The van der Waals surface area contributed by atoms with Gasteiger partial charge in [0.25, 0.3) is 0 Å². The third-order valence-corrected chi connectivity index (χ3v) is 0.587. The highest BCUT2D eigenvalue weighted by atomic mass is 16.6. The van der Waals surface area contributed by atoms with Crippen molar-refractivity contribution in [2.45, 2.75) is 46.6 Å². The van der Waals surface area contributed by atoms with Gasteiger partial charge in [-0.1, -0.05) is 20.3 Å². The molecule has 0 rings (SSSR count). The van der Waals surface area contributed by atoms with Gasteiger partial charge in [-0.15, -0.1) is 12.8 Å². The Hall–Kier alpha value is -1.01. The molecule has 0 fully saturated rings. The van der Waals surface area contributed by atoms with Crippen molar-refractivity contribution in [3.05, 3.63) is 0 Å². The summed E-state index contributed by atoms with van der Waals surface area (Å²) >= 11 is 0. The van der Waals surface area contributed by atoms with Crippen LogP contribution < -0.4 is 5.73 Å². The fourth-order valence-corrected chi connectivity index (χ4v) is 0.383. The number of hydrogen-bond donors (Lipinski definition) is 1. The maximum atomic E-state index is 10.5. The van der Waals surface area contributed by atoms with Gasteiger partial charge in [0.1, 0.15) is 5.60 Å². The summed E-state index contributed by atoms with van der Waals surface area (Å²) in [5.74, 6) is -0.359. The van der Waals surface area contributed by atoms with Crippen molar-refractivity contribution >= 4 is 5.97 Å². The molecule has 2 N–H and O–H groups in total. The second-order valence-electron chi connectivity index (χ2n) is 3.50. The predicted octanol–water partition coefficient (Wildman–Crippen LogP) is 1.95. The van der Waals surface area contributed by atoms with Gasteiger partial charge in [-0.25, -0.2) is 0 Å². The van der Waals surface area contributed by atoms with Crippen LogP contribution in [0.1, 0.15) is 41.0 Å². The van der Waals surface area contributed by atoms with Crippen molar-refractivity contribution in [3.63, 3.8) is 0 Å². The Morgan fingerprint density at radius 2 is 1.57 bits per heavy atom. The van der Waals surface area contributed by atoms with Crippen LogP contribution in [0.5, 0.6) is 0 Å². The molecule has 0 atom stereocenters. The van der Waals surface area contributed by atoms with E-state index in [0.29, 0.717) is 0 Å². The molecule has 0 amide bonds. The van der Waals surface area contributed by atoms with E-state index in [1.165, 1.54) is 6.42 Å². The van der Waals surface area contributed by atoms with Crippen molar-refractivity contribution in [1.82, 2.24) is 0 Å². The van der Waals surface area contributed by atoms with Gasteiger partial charge in [0.05, 0.1) is 6.54 Å². The highest BCUT2D eigenvalue weighted by Crippen LogP contribution is 2.05.